The van der Waals surface area contributed by atoms with Crippen LogP contribution in [0.3, 0.4) is 0 Å². The second-order valence-electron chi connectivity index (χ2n) is 4.50. The Morgan fingerprint density at radius 3 is 2.79 bits per heavy atom. The van der Waals surface area contributed by atoms with Crippen LogP contribution in [0.15, 0.2) is 18.3 Å². The summed E-state index contributed by atoms with van der Waals surface area (Å²) in [4.78, 5) is 19.7. The van der Waals surface area contributed by atoms with Gasteiger partial charge >= 0.3 is 5.97 Å². The molecule has 0 aliphatic carbocycles. The highest BCUT2D eigenvalue weighted by Crippen LogP contribution is 2.18. The predicted octanol–water partition coefficient (Wildman–Crippen LogP) is 0.548. The van der Waals surface area contributed by atoms with Crippen molar-refractivity contribution < 1.29 is 14.6 Å². The number of carbonyl (C=O) groups is 1. The van der Waals surface area contributed by atoms with E-state index in [9.17, 15) is 9.90 Å². The zero-order valence-electron chi connectivity index (χ0n) is 11.1. The molecule has 0 atom stereocenters. The predicted molar refractivity (Wildman–Crippen MR) is 71.7 cm³/mol. The van der Waals surface area contributed by atoms with E-state index in [2.05, 4.69) is 9.88 Å². The number of hydrogen-bond donors (Lipinski definition) is 1. The Balaban J connectivity index is 2.00. The van der Waals surface area contributed by atoms with Crippen LogP contribution in [0.1, 0.15) is 10.4 Å². The fourth-order valence-corrected chi connectivity index (χ4v) is 2.22. The van der Waals surface area contributed by atoms with Crippen molar-refractivity contribution in [2.75, 3.05) is 51.3 Å². The molecule has 1 saturated heterocycles. The van der Waals surface area contributed by atoms with E-state index >= 15 is 0 Å². The fraction of sp³-hybridized carbons (Fsp3) is 0.538. The van der Waals surface area contributed by atoms with Crippen LogP contribution in [0, 0.1) is 0 Å². The van der Waals surface area contributed by atoms with Gasteiger partial charge in [-0.05, 0) is 12.1 Å². The van der Waals surface area contributed by atoms with Crippen LogP contribution >= 0.6 is 0 Å². The first-order chi connectivity index (χ1) is 9.22. The zero-order valence-corrected chi connectivity index (χ0v) is 11.1. The van der Waals surface area contributed by atoms with Crippen LogP contribution in [-0.2, 0) is 4.74 Å². The van der Waals surface area contributed by atoms with Gasteiger partial charge in [0.05, 0.1) is 6.61 Å². The topological polar surface area (TPSA) is 65.9 Å². The highest BCUT2D eigenvalue weighted by molar-refractivity contribution is 5.93. The third-order valence-corrected chi connectivity index (χ3v) is 3.30. The van der Waals surface area contributed by atoms with Crippen molar-refractivity contribution in [1.29, 1.82) is 0 Å². The maximum absolute atomic E-state index is 11.2. The summed E-state index contributed by atoms with van der Waals surface area (Å²) in [7, 11) is 1.70. The minimum absolute atomic E-state index is 0.271. The Morgan fingerprint density at radius 1 is 1.42 bits per heavy atom. The van der Waals surface area contributed by atoms with E-state index in [1.165, 1.54) is 0 Å². The molecule has 0 bridgehead atoms. The van der Waals surface area contributed by atoms with Crippen LogP contribution in [0.5, 0.6) is 0 Å². The first-order valence-electron chi connectivity index (χ1n) is 6.37. The van der Waals surface area contributed by atoms with Gasteiger partial charge in [0.15, 0.2) is 0 Å². The van der Waals surface area contributed by atoms with Gasteiger partial charge in [0.1, 0.15) is 11.4 Å². The molecule has 6 nitrogen and oxygen atoms in total. The van der Waals surface area contributed by atoms with Crippen molar-refractivity contribution in [2.24, 2.45) is 0 Å². The molecule has 0 saturated carbocycles. The molecule has 1 aromatic rings. The number of carboxylic acid groups (broad SMARTS) is 1. The summed E-state index contributed by atoms with van der Waals surface area (Å²) in [6, 6.07) is 3.25. The highest BCUT2D eigenvalue weighted by Gasteiger charge is 2.21. The number of aromatic carboxylic acids is 1. The van der Waals surface area contributed by atoms with Gasteiger partial charge in [0.2, 0.25) is 0 Å². The quantitative estimate of drug-likeness (QED) is 0.838. The van der Waals surface area contributed by atoms with Gasteiger partial charge in [-0.15, -0.1) is 0 Å². The molecule has 104 valence electrons. The Hall–Kier alpha value is -1.66. The van der Waals surface area contributed by atoms with Gasteiger partial charge in [0, 0.05) is 46.0 Å². The molecule has 1 aliphatic heterocycles. The second kappa shape index (κ2) is 6.49. The normalized spacial score (nSPS) is 16.6. The minimum Gasteiger partial charge on any atom is -0.478 e. The molecule has 2 rings (SSSR count). The van der Waals surface area contributed by atoms with Crippen LogP contribution in [0.2, 0.25) is 0 Å². The van der Waals surface area contributed by atoms with Crippen molar-refractivity contribution in [3.8, 4) is 0 Å². The summed E-state index contributed by atoms with van der Waals surface area (Å²) >= 11 is 0. The van der Waals surface area contributed by atoms with E-state index in [1.807, 2.05) is 4.90 Å². The number of nitrogens with zero attached hydrogens (tertiary/aromatic N) is 3. The zero-order chi connectivity index (χ0) is 13.7. The summed E-state index contributed by atoms with van der Waals surface area (Å²) in [6.45, 7) is 5.03. The molecule has 2 heterocycles. The molecule has 19 heavy (non-hydrogen) atoms. The van der Waals surface area contributed by atoms with E-state index < -0.39 is 5.97 Å². The standard InChI is InChI=1S/C13H19N3O3/c1-19-10-9-15-5-7-16(8-6-15)12-11(13(17)18)3-2-4-14-12/h2-4H,5-10H2,1H3,(H,17,18). The lowest BCUT2D eigenvalue weighted by molar-refractivity contribution is 0.0697. The molecule has 6 heteroatoms. The number of pyridine rings is 1. The summed E-state index contributed by atoms with van der Waals surface area (Å²) < 4.78 is 5.06. The highest BCUT2D eigenvalue weighted by atomic mass is 16.5. The van der Waals surface area contributed by atoms with Crippen LogP contribution in [0.4, 0.5) is 5.82 Å². The number of piperazine rings is 1. The molecular formula is C13H19N3O3. The van der Waals surface area contributed by atoms with Crippen molar-refractivity contribution in [3.63, 3.8) is 0 Å². The van der Waals surface area contributed by atoms with Gasteiger partial charge in [-0.3, -0.25) is 4.90 Å². The third kappa shape index (κ3) is 3.42. The SMILES string of the molecule is COCCN1CCN(c2ncccc2C(=O)O)CC1. The fourth-order valence-electron chi connectivity index (χ4n) is 2.22. The van der Waals surface area contributed by atoms with Crippen LogP contribution in [-0.4, -0.2) is 67.4 Å². The number of methoxy groups -OCH3 is 1. The summed E-state index contributed by atoms with van der Waals surface area (Å²) in [5.41, 5.74) is 0.271. The summed E-state index contributed by atoms with van der Waals surface area (Å²) in [5, 5.41) is 9.17. The van der Waals surface area contributed by atoms with Gasteiger partial charge in [-0.1, -0.05) is 0 Å². The molecule has 1 aromatic heterocycles. The van der Waals surface area contributed by atoms with Crippen LogP contribution in [0.25, 0.3) is 0 Å². The monoisotopic (exact) mass is 265 g/mol. The molecule has 0 aromatic carbocycles. The molecule has 1 fully saturated rings. The molecular weight excluding hydrogens is 246 g/mol. The maximum atomic E-state index is 11.2. The van der Waals surface area contributed by atoms with Crippen molar-refractivity contribution in [2.45, 2.75) is 0 Å². The third-order valence-electron chi connectivity index (χ3n) is 3.30. The number of hydrogen-bond acceptors (Lipinski definition) is 5. The van der Waals surface area contributed by atoms with E-state index in [4.69, 9.17) is 4.74 Å². The first-order valence-corrected chi connectivity index (χ1v) is 6.37. The van der Waals surface area contributed by atoms with Gasteiger partial charge < -0.3 is 14.7 Å². The maximum Gasteiger partial charge on any atom is 0.339 e. The van der Waals surface area contributed by atoms with Crippen molar-refractivity contribution in [1.82, 2.24) is 9.88 Å². The second-order valence-corrected chi connectivity index (χ2v) is 4.50. The Bertz CT molecular complexity index is 431. The van der Waals surface area contributed by atoms with Gasteiger partial charge in [-0.25, -0.2) is 9.78 Å². The molecule has 0 radical (unpaired) electrons. The number of anilines is 1. The molecule has 1 N–H and O–H groups in total. The van der Waals surface area contributed by atoms with Gasteiger partial charge in [0.25, 0.3) is 0 Å². The van der Waals surface area contributed by atoms with Crippen LogP contribution < -0.4 is 4.90 Å². The average molecular weight is 265 g/mol. The first kappa shape index (κ1) is 13.8. The molecule has 0 amide bonds. The van der Waals surface area contributed by atoms with Crippen molar-refractivity contribution in [3.05, 3.63) is 23.9 Å². The van der Waals surface area contributed by atoms with E-state index in [0.29, 0.717) is 5.82 Å². The minimum atomic E-state index is -0.926. The molecule has 0 spiro atoms. The molecule has 0 unspecified atom stereocenters. The average Bonchev–Trinajstić information content (AvgIpc) is 2.45. The van der Waals surface area contributed by atoms with Gasteiger partial charge in [-0.2, -0.15) is 0 Å². The number of carboxylic acids is 1. The van der Waals surface area contributed by atoms with Crippen molar-refractivity contribution >= 4 is 11.8 Å². The lowest BCUT2D eigenvalue weighted by atomic mass is 10.2. The van der Waals surface area contributed by atoms with E-state index in [-0.39, 0.29) is 5.56 Å². The smallest absolute Gasteiger partial charge is 0.339 e. The Morgan fingerprint density at radius 2 is 2.16 bits per heavy atom. The lowest BCUT2D eigenvalue weighted by Crippen LogP contribution is -2.48. The van der Waals surface area contributed by atoms with E-state index in [0.717, 1.165) is 39.3 Å². The number of ether oxygens (including phenoxy) is 1. The Labute approximate surface area is 112 Å². The Kier molecular flexibility index (Phi) is 4.70. The summed E-state index contributed by atoms with van der Waals surface area (Å²) in [5.74, 6) is -0.355. The summed E-state index contributed by atoms with van der Waals surface area (Å²) in [6.07, 6.45) is 1.64. The number of aromatic nitrogens is 1. The largest absolute Gasteiger partial charge is 0.478 e. The number of rotatable bonds is 5. The lowest BCUT2D eigenvalue weighted by Gasteiger charge is -2.35. The van der Waals surface area contributed by atoms with E-state index in [1.54, 1.807) is 25.4 Å². The molecule has 1 aliphatic rings.